The zero-order valence-corrected chi connectivity index (χ0v) is 10.3. The summed E-state index contributed by atoms with van der Waals surface area (Å²) in [5.74, 6) is -3.09. The summed E-state index contributed by atoms with van der Waals surface area (Å²) in [5, 5.41) is 21.1. The van der Waals surface area contributed by atoms with Crippen molar-refractivity contribution in [2.45, 2.75) is 13.0 Å². The topological polar surface area (TPSA) is 119 Å². The van der Waals surface area contributed by atoms with E-state index in [4.69, 9.17) is 9.84 Å². The Hall–Kier alpha value is -2.71. The van der Waals surface area contributed by atoms with Crippen molar-refractivity contribution in [3.63, 3.8) is 0 Å². The molecule has 0 radical (unpaired) electrons. The van der Waals surface area contributed by atoms with Crippen LogP contribution in [0.5, 0.6) is 5.75 Å². The number of benzene rings is 1. The summed E-state index contributed by atoms with van der Waals surface area (Å²) >= 11 is 0. The number of nitrogens with zero attached hydrogens (tertiary/aromatic N) is 1. The molecule has 108 valence electrons. The van der Waals surface area contributed by atoms with E-state index in [-0.39, 0.29) is 5.75 Å². The number of amides is 1. The van der Waals surface area contributed by atoms with Crippen molar-refractivity contribution in [3.8, 4) is 5.75 Å². The highest BCUT2D eigenvalue weighted by Crippen LogP contribution is 2.22. The summed E-state index contributed by atoms with van der Waals surface area (Å²) in [6, 6.07) is 1.73. The quantitative estimate of drug-likeness (QED) is 0.587. The van der Waals surface area contributed by atoms with Gasteiger partial charge in [-0.1, -0.05) is 0 Å². The standard InChI is InChI=1S/C11H11FN2O6/c1-6(11(16)17)13-10(15)5-20-7-2-3-9(14(18)19)8(12)4-7/h2-4,6H,5H2,1H3,(H,13,15)(H,16,17). The van der Waals surface area contributed by atoms with Crippen molar-refractivity contribution >= 4 is 17.6 Å². The Labute approximate surface area is 112 Å². The summed E-state index contributed by atoms with van der Waals surface area (Å²) in [4.78, 5) is 31.3. The summed E-state index contributed by atoms with van der Waals surface area (Å²) in [5.41, 5.74) is -0.707. The Morgan fingerprint density at radius 2 is 2.20 bits per heavy atom. The molecule has 1 aromatic rings. The van der Waals surface area contributed by atoms with Crippen LogP contribution in [0, 0.1) is 15.9 Å². The molecule has 0 saturated heterocycles. The lowest BCUT2D eigenvalue weighted by atomic mass is 10.3. The number of carbonyl (C=O) groups is 2. The predicted octanol–water partition coefficient (Wildman–Crippen LogP) is 0.702. The number of carboxylic acid groups (broad SMARTS) is 1. The van der Waals surface area contributed by atoms with E-state index in [2.05, 4.69) is 5.32 Å². The third-order valence-electron chi connectivity index (χ3n) is 2.23. The van der Waals surface area contributed by atoms with E-state index in [0.717, 1.165) is 18.2 Å². The number of ether oxygens (including phenoxy) is 1. The molecule has 0 aliphatic rings. The first-order chi connectivity index (χ1) is 9.31. The molecule has 0 aliphatic heterocycles. The lowest BCUT2D eigenvalue weighted by Gasteiger charge is -2.10. The molecule has 1 rings (SSSR count). The van der Waals surface area contributed by atoms with E-state index in [1.54, 1.807) is 0 Å². The fourth-order valence-corrected chi connectivity index (χ4v) is 1.22. The molecule has 20 heavy (non-hydrogen) atoms. The summed E-state index contributed by atoms with van der Waals surface area (Å²) in [7, 11) is 0. The number of nitrogens with one attached hydrogen (secondary N) is 1. The van der Waals surface area contributed by atoms with E-state index in [1.165, 1.54) is 6.92 Å². The zero-order chi connectivity index (χ0) is 15.3. The number of aliphatic carboxylic acids is 1. The molecule has 0 heterocycles. The number of nitro groups is 1. The van der Waals surface area contributed by atoms with E-state index in [1.807, 2.05) is 0 Å². The first-order valence-corrected chi connectivity index (χ1v) is 5.40. The van der Waals surface area contributed by atoms with Crippen LogP contribution in [0.3, 0.4) is 0 Å². The van der Waals surface area contributed by atoms with Crippen LogP contribution in [0.2, 0.25) is 0 Å². The van der Waals surface area contributed by atoms with Gasteiger partial charge in [-0.25, -0.2) is 0 Å². The number of hydrogen-bond donors (Lipinski definition) is 2. The Morgan fingerprint density at radius 1 is 1.55 bits per heavy atom. The number of carbonyl (C=O) groups excluding carboxylic acids is 1. The third-order valence-corrected chi connectivity index (χ3v) is 2.23. The van der Waals surface area contributed by atoms with Gasteiger partial charge in [0, 0.05) is 12.1 Å². The van der Waals surface area contributed by atoms with Crippen LogP contribution in [0.4, 0.5) is 10.1 Å². The van der Waals surface area contributed by atoms with Crippen LogP contribution in [0.15, 0.2) is 18.2 Å². The van der Waals surface area contributed by atoms with Crippen molar-refractivity contribution in [1.82, 2.24) is 5.32 Å². The molecule has 1 unspecified atom stereocenters. The van der Waals surface area contributed by atoms with Gasteiger partial charge in [-0.3, -0.25) is 19.7 Å². The minimum Gasteiger partial charge on any atom is -0.484 e. The minimum absolute atomic E-state index is 0.0776. The van der Waals surface area contributed by atoms with Crippen molar-refractivity contribution in [2.75, 3.05) is 6.61 Å². The molecule has 0 aliphatic carbocycles. The van der Waals surface area contributed by atoms with Gasteiger partial charge in [0.1, 0.15) is 11.8 Å². The largest absolute Gasteiger partial charge is 0.484 e. The molecule has 0 spiro atoms. The lowest BCUT2D eigenvalue weighted by molar-refractivity contribution is -0.387. The van der Waals surface area contributed by atoms with Crippen molar-refractivity contribution < 1.29 is 28.7 Å². The number of nitro benzene ring substituents is 1. The van der Waals surface area contributed by atoms with Gasteiger partial charge in [-0.15, -0.1) is 0 Å². The normalized spacial score (nSPS) is 11.5. The van der Waals surface area contributed by atoms with E-state index in [0.29, 0.717) is 0 Å². The zero-order valence-electron chi connectivity index (χ0n) is 10.3. The molecule has 1 amide bonds. The molecular weight excluding hydrogens is 275 g/mol. The molecule has 2 N–H and O–H groups in total. The summed E-state index contributed by atoms with van der Waals surface area (Å²) in [6.07, 6.45) is 0. The number of halogens is 1. The van der Waals surface area contributed by atoms with Gasteiger partial charge in [0.15, 0.2) is 6.61 Å². The summed E-state index contributed by atoms with van der Waals surface area (Å²) in [6.45, 7) is 0.737. The highest BCUT2D eigenvalue weighted by atomic mass is 19.1. The van der Waals surface area contributed by atoms with Gasteiger partial charge in [-0.2, -0.15) is 4.39 Å². The number of hydrogen-bond acceptors (Lipinski definition) is 5. The van der Waals surface area contributed by atoms with Crippen molar-refractivity contribution in [3.05, 3.63) is 34.1 Å². The van der Waals surface area contributed by atoms with E-state index in [9.17, 15) is 24.1 Å². The molecule has 9 heteroatoms. The van der Waals surface area contributed by atoms with Gasteiger partial charge >= 0.3 is 11.7 Å². The summed E-state index contributed by atoms with van der Waals surface area (Å²) < 4.78 is 18.1. The van der Waals surface area contributed by atoms with Gasteiger partial charge in [0.2, 0.25) is 5.82 Å². The Morgan fingerprint density at radius 3 is 2.70 bits per heavy atom. The molecule has 0 saturated carbocycles. The second-order valence-corrected chi connectivity index (χ2v) is 3.79. The maximum Gasteiger partial charge on any atom is 0.325 e. The molecule has 0 bridgehead atoms. The van der Waals surface area contributed by atoms with Crippen LogP contribution in [0.1, 0.15) is 6.92 Å². The highest BCUT2D eigenvalue weighted by molar-refractivity contribution is 5.84. The first kappa shape index (κ1) is 15.3. The van der Waals surface area contributed by atoms with Gasteiger partial charge < -0.3 is 15.2 Å². The molecule has 8 nitrogen and oxygen atoms in total. The van der Waals surface area contributed by atoms with Crippen LogP contribution < -0.4 is 10.1 Å². The molecule has 0 fully saturated rings. The minimum atomic E-state index is -1.21. The molecule has 1 aromatic carbocycles. The van der Waals surface area contributed by atoms with E-state index >= 15 is 0 Å². The average molecular weight is 286 g/mol. The van der Waals surface area contributed by atoms with Crippen LogP contribution in [0.25, 0.3) is 0 Å². The average Bonchev–Trinajstić information content (AvgIpc) is 2.35. The van der Waals surface area contributed by atoms with Crippen molar-refractivity contribution in [1.29, 1.82) is 0 Å². The third kappa shape index (κ3) is 4.19. The SMILES string of the molecule is CC(NC(=O)COc1ccc([N+](=O)[O-])c(F)c1)C(=O)O. The number of carboxylic acids is 1. The first-order valence-electron chi connectivity index (χ1n) is 5.40. The van der Waals surface area contributed by atoms with Crippen LogP contribution >= 0.6 is 0 Å². The second-order valence-electron chi connectivity index (χ2n) is 3.79. The fraction of sp³-hybridized carbons (Fsp3) is 0.273. The maximum absolute atomic E-state index is 13.2. The van der Waals surface area contributed by atoms with Gasteiger partial charge in [-0.05, 0) is 13.0 Å². The smallest absolute Gasteiger partial charge is 0.325 e. The molecule has 0 aromatic heterocycles. The Kier molecular flexibility index (Phi) is 4.95. The monoisotopic (exact) mass is 286 g/mol. The van der Waals surface area contributed by atoms with Gasteiger partial charge in [0.05, 0.1) is 4.92 Å². The molecule has 1 atom stereocenters. The Balaban J connectivity index is 2.58. The second kappa shape index (κ2) is 6.45. The fourth-order valence-electron chi connectivity index (χ4n) is 1.22. The van der Waals surface area contributed by atoms with Crippen LogP contribution in [-0.4, -0.2) is 34.6 Å². The van der Waals surface area contributed by atoms with Crippen molar-refractivity contribution in [2.24, 2.45) is 0 Å². The Bertz CT molecular complexity index is 548. The van der Waals surface area contributed by atoms with Gasteiger partial charge in [0.25, 0.3) is 5.91 Å². The molecular formula is C11H11FN2O6. The predicted molar refractivity (Wildman–Crippen MR) is 63.8 cm³/mol. The van der Waals surface area contributed by atoms with E-state index < -0.39 is 41.0 Å². The maximum atomic E-state index is 13.2. The lowest BCUT2D eigenvalue weighted by Crippen LogP contribution is -2.40. The van der Waals surface area contributed by atoms with Crippen LogP contribution in [-0.2, 0) is 9.59 Å². The highest BCUT2D eigenvalue weighted by Gasteiger charge is 2.16. The number of rotatable bonds is 6.